The number of hydrogen-bond acceptors (Lipinski definition) is 3. The van der Waals surface area contributed by atoms with Crippen LogP contribution in [0.2, 0.25) is 0 Å². The van der Waals surface area contributed by atoms with Gasteiger partial charge in [-0.15, -0.1) is 0 Å². The summed E-state index contributed by atoms with van der Waals surface area (Å²) in [6.45, 7) is 2.05. The van der Waals surface area contributed by atoms with Crippen molar-refractivity contribution < 1.29 is 8.83 Å². The minimum Gasteiger partial charge on any atom is -0.458 e. The number of hydrogen-bond donors (Lipinski definition) is 0. The van der Waals surface area contributed by atoms with Gasteiger partial charge in [0.2, 0.25) is 0 Å². The Morgan fingerprint density at radius 1 is 1.43 bits per heavy atom. The van der Waals surface area contributed by atoms with Crippen molar-refractivity contribution in [3.05, 3.63) is 30.0 Å². The summed E-state index contributed by atoms with van der Waals surface area (Å²) in [5, 5.41) is 0.668. The molecule has 74 valence electrons. The molecule has 0 bridgehead atoms. The highest BCUT2D eigenvalue weighted by Gasteiger charge is 2.12. The topological polar surface area (TPSA) is 39.2 Å². The fourth-order valence-corrected chi connectivity index (χ4v) is 1.65. The van der Waals surface area contributed by atoms with Crippen LogP contribution in [0.15, 0.2) is 27.4 Å². The molecule has 0 radical (unpaired) electrons. The fraction of sp³-hybridized carbons (Fsp3) is 0.300. The quantitative estimate of drug-likeness (QED) is 0.790. The predicted molar refractivity (Wildman–Crippen MR) is 56.2 cm³/mol. The van der Waals surface area contributed by atoms with Gasteiger partial charge in [0.25, 0.3) is 0 Å². The Morgan fingerprint density at radius 3 is 2.93 bits per heavy atom. The number of rotatable bonds is 3. The van der Waals surface area contributed by atoms with E-state index < -0.39 is 0 Å². The van der Waals surface area contributed by atoms with E-state index in [0.29, 0.717) is 11.1 Å². The molecule has 0 aliphatic rings. The highest BCUT2D eigenvalue weighted by molar-refractivity contribution is 9.08. The number of aromatic nitrogens is 1. The van der Waals surface area contributed by atoms with Crippen molar-refractivity contribution in [2.75, 3.05) is 0 Å². The van der Waals surface area contributed by atoms with Gasteiger partial charge in [-0.25, -0.2) is 4.98 Å². The second kappa shape index (κ2) is 4.00. The molecule has 0 unspecified atom stereocenters. The van der Waals surface area contributed by atoms with E-state index in [2.05, 4.69) is 20.9 Å². The van der Waals surface area contributed by atoms with Crippen molar-refractivity contribution in [2.45, 2.75) is 18.7 Å². The third-order valence-corrected chi connectivity index (χ3v) is 2.53. The van der Waals surface area contributed by atoms with E-state index in [-0.39, 0.29) is 0 Å². The van der Waals surface area contributed by atoms with E-state index in [9.17, 15) is 0 Å². The first-order valence-electron chi connectivity index (χ1n) is 4.42. The van der Waals surface area contributed by atoms with Crippen molar-refractivity contribution in [3.8, 4) is 11.5 Å². The molecule has 0 amide bonds. The average molecular weight is 256 g/mol. The zero-order valence-corrected chi connectivity index (χ0v) is 9.37. The lowest BCUT2D eigenvalue weighted by molar-refractivity contribution is 0.493. The standard InChI is InChI=1S/C10H10BrNO2/c1-2-7-3-4-9(14-7)10-8(5-11)12-6-13-10/h3-4,6H,2,5H2,1H3. The van der Waals surface area contributed by atoms with Crippen molar-refractivity contribution in [1.82, 2.24) is 4.98 Å². The largest absolute Gasteiger partial charge is 0.458 e. The van der Waals surface area contributed by atoms with Crippen LogP contribution in [-0.4, -0.2) is 4.98 Å². The van der Waals surface area contributed by atoms with Crippen molar-refractivity contribution >= 4 is 15.9 Å². The first-order valence-corrected chi connectivity index (χ1v) is 5.54. The van der Waals surface area contributed by atoms with E-state index in [0.717, 1.165) is 23.6 Å². The van der Waals surface area contributed by atoms with Crippen LogP contribution in [0.1, 0.15) is 18.4 Å². The fourth-order valence-electron chi connectivity index (χ4n) is 1.25. The Hall–Kier alpha value is -1.03. The van der Waals surface area contributed by atoms with Crippen molar-refractivity contribution in [2.24, 2.45) is 0 Å². The minimum atomic E-state index is 0.668. The number of furan rings is 1. The molecule has 14 heavy (non-hydrogen) atoms. The Morgan fingerprint density at radius 2 is 2.29 bits per heavy atom. The van der Waals surface area contributed by atoms with Gasteiger partial charge in [0.1, 0.15) is 11.5 Å². The van der Waals surface area contributed by atoms with Crippen molar-refractivity contribution in [1.29, 1.82) is 0 Å². The summed E-state index contributed by atoms with van der Waals surface area (Å²) in [6.07, 6.45) is 2.32. The van der Waals surface area contributed by atoms with E-state index >= 15 is 0 Å². The molecule has 3 nitrogen and oxygen atoms in total. The van der Waals surface area contributed by atoms with Crippen molar-refractivity contribution in [3.63, 3.8) is 0 Å². The van der Waals surface area contributed by atoms with Gasteiger partial charge in [-0.2, -0.15) is 0 Å². The maximum absolute atomic E-state index is 5.57. The Kier molecular flexibility index (Phi) is 2.72. The normalized spacial score (nSPS) is 10.7. The number of alkyl halides is 1. The molecule has 0 aliphatic carbocycles. The Balaban J connectivity index is 2.38. The number of nitrogens with zero attached hydrogens (tertiary/aromatic N) is 1. The molecule has 2 aromatic heterocycles. The second-order valence-electron chi connectivity index (χ2n) is 2.88. The number of oxazole rings is 1. The molecule has 0 aromatic carbocycles. The smallest absolute Gasteiger partial charge is 0.193 e. The van der Waals surface area contributed by atoms with Crippen LogP contribution in [0, 0.1) is 0 Å². The van der Waals surface area contributed by atoms with Gasteiger partial charge in [-0.1, -0.05) is 22.9 Å². The molecule has 0 N–H and O–H groups in total. The highest BCUT2D eigenvalue weighted by atomic mass is 79.9. The molecule has 4 heteroatoms. The summed E-state index contributed by atoms with van der Waals surface area (Å²) in [6, 6.07) is 3.86. The van der Waals surface area contributed by atoms with Crippen LogP contribution in [0.25, 0.3) is 11.5 Å². The van der Waals surface area contributed by atoms with Gasteiger partial charge < -0.3 is 8.83 Å². The average Bonchev–Trinajstić information content (AvgIpc) is 2.85. The van der Waals surface area contributed by atoms with E-state index in [4.69, 9.17) is 8.83 Å². The molecule has 0 spiro atoms. The lowest BCUT2D eigenvalue weighted by atomic mass is 10.3. The summed E-state index contributed by atoms with van der Waals surface area (Å²) in [4.78, 5) is 4.07. The van der Waals surface area contributed by atoms with Gasteiger partial charge >= 0.3 is 0 Å². The molecule has 0 aliphatic heterocycles. The zero-order chi connectivity index (χ0) is 9.97. The van der Waals surface area contributed by atoms with E-state index in [1.54, 1.807) is 0 Å². The van der Waals surface area contributed by atoms with Crippen LogP contribution in [-0.2, 0) is 11.8 Å². The lowest BCUT2D eigenvalue weighted by Gasteiger charge is -1.93. The molecule has 0 atom stereocenters. The molecule has 2 aromatic rings. The SMILES string of the molecule is CCc1ccc(-c2ocnc2CBr)o1. The van der Waals surface area contributed by atoms with Crippen LogP contribution in [0.5, 0.6) is 0 Å². The first kappa shape index (κ1) is 9.52. The molecular formula is C10H10BrNO2. The minimum absolute atomic E-state index is 0.668. The number of halogens is 1. The zero-order valence-electron chi connectivity index (χ0n) is 7.79. The summed E-state index contributed by atoms with van der Waals surface area (Å²) in [7, 11) is 0. The Bertz CT molecular complexity index is 419. The third kappa shape index (κ3) is 1.62. The first-order chi connectivity index (χ1) is 6.85. The summed E-state index contributed by atoms with van der Waals surface area (Å²) in [5.74, 6) is 2.41. The van der Waals surface area contributed by atoms with Crippen LogP contribution in [0.4, 0.5) is 0 Å². The maximum Gasteiger partial charge on any atom is 0.193 e. The molecule has 2 rings (SSSR count). The van der Waals surface area contributed by atoms with Crippen LogP contribution < -0.4 is 0 Å². The van der Waals surface area contributed by atoms with E-state index in [1.165, 1.54) is 6.39 Å². The third-order valence-electron chi connectivity index (χ3n) is 2.00. The van der Waals surface area contributed by atoms with Crippen LogP contribution >= 0.6 is 15.9 Å². The summed E-state index contributed by atoms with van der Waals surface area (Å²) < 4.78 is 10.8. The van der Waals surface area contributed by atoms with Gasteiger partial charge in [0.05, 0.1) is 0 Å². The summed E-state index contributed by atoms with van der Waals surface area (Å²) >= 11 is 3.34. The Labute approximate surface area is 90.3 Å². The second-order valence-corrected chi connectivity index (χ2v) is 3.44. The van der Waals surface area contributed by atoms with Gasteiger partial charge in [-0.3, -0.25) is 0 Å². The lowest BCUT2D eigenvalue weighted by Crippen LogP contribution is -1.80. The van der Waals surface area contributed by atoms with Gasteiger partial charge in [0.15, 0.2) is 17.9 Å². The highest BCUT2D eigenvalue weighted by Crippen LogP contribution is 2.26. The maximum atomic E-state index is 5.57. The van der Waals surface area contributed by atoms with E-state index in [1.807, 2.05) is 19.1 Å². The van der Waals surface area contributed by atoms with Gasteiger partial charge in [0, 0.05) is 11.8 Å². The number of aryl methyl sites for hydroxylation is 1. The molecular weight excluding hydrogens is 246 g/mol. The monoisotopic (exact) mass is 255 g/mol. The van der Waals surface area contributed by atoms with Crippen LogP contribution in [0.3, 0.4) is 0 Å². The van der Waals surface area contributed by atoms with Gasteiger partial charge in [-0.05, 0) is 12.1 Å². The predicted octanol–water partition coefficient (Wildman–Crippen LogP) is 3.39. The molecule has 0 saturated heterocycles. The molecule has 0 saturated carbocycles. The molecule has 0 fully saturated rings. The summed E-state index contributed by atoms with van der Waals surface area (Å²) in [5.41, 5.74) is 0.863. The molecule has 2 heterocycles.